The van der Waals surface area contributed by atoms with Gasteiger partial charge in [0.05, 0.1) is 6.04 Å². The summed E-state index contributed by atoms with van der Waals surface area (Å²) in [4.78, 5) is 5.73. The van der Waals surface area contributed by atoms with Gasteiger partial charge in [0.1, 0.15) is 0 Å². The Labute approximate surface area is 79.9 Å². The Balaban J connectivity index is 1.97. The lowest BCUT2D eigenvalue weighted by Crippen LogP contribution is -2.07. The molecule has 1 aromatic rings. The van der Waals surface area contributed by atoms with Gasteiger partial charge < -0.3 is 5.73 Å². The fourth-order valence-corrected chi connectivity index (χ4v) is 2.76. The van der Waals surface area contributed by atoms with Gasteiger partial charge in [-0.2, -0.15) is 0 Å². The number of nitrogens with zero attached hydrogens (tertiary/aromatic N) is 1. The highest BCUT2D eigenvalue weighted by Crippen LogP contribution is 2.20. The molecule has 0 fully saturated rings. The zero-order valence-corrected chi connectivity index (χ0v) is 8.20. The molecule has 0 aliphatic carbocycles. The molecule has 2 rings (SSSR count). The summed E-state index contributed by atoms with van der Waals surface area (Å²) in [5.41, 5.74) is 5.57. The molecule has 0 spiro atoms. The third-order valence-corrected chi connectivity index (χ3v) is 3.60. The van der Waals surface area contributed by atoms with Crippen molar-refractivity contribution in [1.29, 1.82) is 0 Å². The van der Waals surface area contributed by atoms with Crippen LogP contribution in [0.4, 0.5) is 0 Å². The summed E-state index contributed by atoms with van der Waals surface area (Å²) >= 11 is 3.45. The Morgan fingerprint density at radius 2 is 2.58 bits per heavy atom. The van der Waals surface area contributed by atoms with Gasteiger partial charge in [-0.15, -0.1) is 11.3 Å². The maximum atomic E-state index is 5.57. The highest BCUT2D eigenvalue weighted by Gasteiger charge is 2.16. The molecule has 0 saturated heterocycles. The minimum atomic E-state index is 0.411. The fraction of sp³-hybridized carbons (Fsp3) is 0.375. The van der Waals surface area contributed by atoms with E-state index in [4.69, 9.17) is 5.73 Å². The Kier molecular flexibility index (Phi) is 2.37. The number of nitrogens with two attached hydrogens (primary N) is 1. The van der Waals surface area contributed by atoms with Crippen molar-refractivity contribution in [2.75, 3.05) is 5.75 Å². The summed E-state index contributed by atoms with van der Waals surface area (Å²) in [6.07, 6.45) is 1.05. The van der Waals surface area contributed by atoms with E-state index in [0.717, 1.165) is 17.3 Å². The summed E-state index contributed by atoms with van der Waals surface area (Å²) in [6, 6.07) is 4.64. The molecular formula is C8H10N2S2. The predicted octanol–water partition coefficient (Wildman–Crippen LogP) is 1.72. The smallest absolute Gasteiger partial charge is 0.154 e. The van der Waals surface area contributed by atoms with Gasteiger partial charge in [-0.1, -0.05) is 17.8 Å². The number of hydrogen-bond donors (Lipinski definition) is 1. The molecule has 1 atom stereocenters. The van der Waals surface area contributed by atoms with Crippen molar-refractivity contribution in [3.8, 4) is 0 Å². The van der Waals surface area contributed by atoms with Crippen LogP contribution in [-0.4, -0.2) is 17.0 Å². The maximum Gasteiger partial charge on any atom is 0.154 e. The summed E-state index contributed by atoms with van der Waals surface area (Å²) in [7, 11) is 0. The second-order valence-corrected chi connectivity index (χ2v) is 4.79. The normalized spacial score (nSPS) is 22.7. The van der Waals surface area contributed by atoms with Crippen molar-refractivity contribution >= 4 is 28.3 Å². The lowest BCUT2D eigenvalue weighted by molar-refractivity contribution is 0.771. The zero-order chi connectivity index (χ0) is 8.39. The van der Waals surface area contributed by atoms with Crippen LogP contribution >= 0.6 is 23.1 Å². The molecule has 2 nitrogen and oxygen atoms in total. The van der Waals surface area contributed by atoms with Crippen LogP contribution in [0, 0.1) is 0 Å². The highest BCUT2D eigenvalue weighted by molar-refractivity contribution is 8.14. The highest BCUT2D eigenvalue weighted by atomic mass is 32.2. The molecule has 1 aliphatic rings. The number of hydrogen-bond acceptors (Lipinski definition) is 4. The van der Waals surface area contributed by atoms with Crippen molar-refractivity contribution in [1.82, 2.24) is 0 Å². The molecule has 0 unspecified atom stereocenters. The summed E-state index contributed by atoms with van der Waals surface area (Å²) in [5.74, 6) is 1.05. The van der Waals surface area contributed by atoms with E-state index in [1.54, 1.807) is 23.1 Å². The van der Waals surface area contributed by atoms with Gasteiger partial charge in [-0.05, 0) is 11.4 Å². The van der Waals surface area contributed by atoms with Gasteiger partial charge in [0.15, 0.2) is 5.17 Å². The second-order valence-electron chi connectivity index (χ2n) is 2.72. The molecule has 1 aromatic heterocycles. The summed E-state index contributed by atoms with van der Waals surface area (Å²) in [5, 5.41) is 2.85. The van der Waals surface area contributed by atoms with Gasteiger partial charge in [0, 0.05) is 17.1 Å². The van der Waals surface area contributed by atoms with Gasteiger partial charge in [0.25, 0.3) is 0 Å². The number of rotatable bonds is 2. The van der Waals surface area contributed by atoms with E-state index in [9.17, 15) is 0 Å². The van der Waals surface area contributed by atoms with E-state index in [2.05, 4.69) is 22.5 Å². The first-order valence-corrected chi connectivity index (χ1v) is 5.69. The van der Waals surface area contributed by atoms with Crippen LogP contribution in [0.5, 0.6) is 0 Å². The molecule has 2 N–H and O–H groups in total. The lowest BCUT2D eigenvalue weighted by Gasteiger charge is -2.01. The van der Waals surface area contributed by atoms with E-state index in [0.29, 0.717) is 6.04 Å². The van der Waals surface area contributed by atoms with Crippen molar-refractivity contribution in [3.63, 3.8) is 0 Å². The standard InChI is InChI=1S/C8H10N2S2/c9-8-10-6(5-12-8)4-7-2-1-3-11-7/h1-3,6H,4-5H2,(H2,9,10)/t6-/m1/s1. The Morgan fingerprint density at radius 1 is 1.67 bits per heavy atom. The minimum Gasteiger partial charge on any atom is -0.379 e. The van der Waals surface area contributed by atoms with Crippen LogP contribution in [0.15, 0.2) is 22.5 Å². The summed E-state index contributed by atoms with van der Waals surface area (Å²) < 4.78 is 0. The molecule has 0 saturated carbocycles. The largest absolute Gasteiger partial charge is 0.379 e. The first kappa shape index (κ1) is 8.13. The molecule has 2 heterocycles. The quantitative estimate of drug-likeness (QED) is 0.786. The van der Waals surface area contributed by atoms with Crippen LogP contribution in [0.1, 0.15) is 4.88 Å². The van der Waals surface area contributed by atoms with Gasteiger partial charge in [-0.3, -0.25) is 4.99 Å². The molecule has 64 valence electrons. The van der Waals surface area contributed by atoms with Gasteiger partial charge >= 0.3 is 0 Å². The van der Waals surface area contributed by atoms with Crippen molar-refractivity contribution in [2.24, 2.45) is 10.7 Å². The topological polar surface area (TPSA) is 38.4 Å². The molecule has 12 heavy (non-hydrogen) atoms. The van der Waals surface area contributed by atoms with Crippen LogP contribution < -0.4 is 5.73 Å². The van der Waals surface area contributed by atoms with E-state index >= 15 is 0 Å². The SMILES string of the molecule is NC1=N[C@H](Cc2cccs2)CS1. The molecule has 1 aliphatic heterocycles. The first-order valence-electron chi connectivity index (χ1n) is 3.83. The van der Waals surface area contributed by atoms with E-state index in [1.807, 2.05) is 0 Å². The lowest BCUT2D eigenvalue weighted by atomic mass is 10.2. The number of aliphatic imine (C=N–C) groups is 1. The van der Waals surface area contributed by atoms with Gasteiger partial charge in [-0.25, -0.2) is 0 Å². The van der Waals surface area contributed by atoms with Crippen molar-refractivity contribution in [3.05, 3.63) is 22.4 Å². The first-order chi connectivity index (χ1) is 5.84. The Bertz CT molecular complexity index is 279. The molecular weight excluding hydrogens is 188 g/mol. The number of thioether (sulfide) groups is 1. The van der Waals surface area contributed by atoms with Crippen LogP contribution in [0.25, 0.3) is 0 Å². The number of thiophene rings is 1. The average molecular weight is 198 g/mol. The van der Waals surface area contributed by atoms with Gasteiger partial charge in [0.2, 0.25) is 0 Å². The minimum absolute atomic E-state index is 0.411. The van der Waals surface area contributed by atoms with E-state index in [1.165, 1.54) is 4.88 Å². The predicted molar refractivity (Wildman–Crippen MR) is 55.9 cm³/mol. The molecule has 0 radical (unpaired) electrons. The molecule has 4 heteroatoms. The van der Waals surface area contributed by atoms with E-state index < -0.39 is 0 Å². The zero-order valence-electron chi connectivity index (χ0n) is 6.56. The Morgan fingerprint density at radius 3 is 3.17 bits per heavy atom. The average Bonchev–Trinajstić information content (AvgIpc) is 2.63. The van der Waals surface area contributed by atoms with Crippen LogP contribution in [0.3, 0.4) is 0 Å². The fourth-order valence-electron chi connectivity index (χ4n) is 1.20. The van der Waals surface area contributed by atoms with E-state index in [-0.39, 0.29) is 0 Å². The third-order valence-electron chi connectivity index (χ3n) is 1.75. The molecule has 0 aromatic carbocycles. The number of amidine groups is 1. The maximum absolute atomic E-state index is 5.57. The molecule has 0 bridgehead atoms. The van der Waals surface area contributed by atoms with Crippen LogP contribution in [-0.2, 0) is 6.42 Å². The monoisotopic (exact) mass is 198 g/mol. The van der Waals surface area contributed by atoms with Crippen molar-refractivity contribution in [2.45, 2.75) is 12.5 Å². The van der Waals surface area contributed by atoms with Crippen LogP contribution in [0.2, 0.25) is 0 Å². The molecule has 0 amide bonds. The second kappa shape index (κ2) is 3.49. The summed E-state index contributed by atoms with van der Waals surface area (Å²) in [6.45, 7) is 0. The third kappa shape index (κ3) is 1.81. The Hall–Kier alpha value is -0.480. The van der Waals surface area contributed by atoms with Crippen molar-refractivity contribution < 1.29 is 0 Å².